The first-order valence-electron chi connectivity index (χ1n) is 6.55. The average Bonchev–Trinajstić information content (AvgIpc) is 2.88. The molecule has 1 fully saturated rings. The smallest absolute Gasteiger partial charge is 0.324 e. The average molecular weight is 300 g/mol. The number of carbonyl (C=O) groups is 2. The van der Waals surface area contributed by atoms with Crippen LogP contribution in [0.25, 0.3) is 0 Å². The summed E-state index contributed by atoms with van der Waals surface area (Å²) in [6.45, 7) is 1.73. The van der Waals surface area contributed by atoms with E-state index in [9.17, 15) is 22.8 Å². The second-order valence-electron chi connectivity index (χ2n) is 4.96. The molecular weight excluding hydrogens is 285 g/mol. The van der Waals surface area contributed by atoms with Gasteiger partial charge in [0, 0.05) is 12.2 Å². The SMILES string of the molecule is Cc1ccccc1NC(=O)C1CCCN1C(=O)C(F)(F)F. The molecule has 0 saturated carbocycles. The van der Waals surface area contributed by atoms with Crippen LogP contribution in [0.3, 0.4) is 0 Å². The summed E-state index contributed by atoms with van der Waals surface area (Å²) in [6.07, 6.45) is -4.33. The van der Waals surface area contributed by atoms with Crippen molar-refractivity contribution in [2.24, 2.45) is 0 Å². The Morgan fingerprint density at radius 3 is 2.57 bits per heavy atom. The van der Waals surface area contributed by atoms with Gasteiger partial charge in [-0.25, -0.2) is 0 Å². The number of alkyl halides is 3. The van der Waals surface area contributed by atoms with Crippen molar-refractivity contribution in [2.75, 3.05) is 11.9 Å². The number of halogens is 3. The number of carbonyl (C=O) groups excluding carboxylic acids is 2. The molecule has 1 saturated heterocycles. The van der Waals surface area contributed by atoms with E-state index in [1.54, 1.807) is 31.2 Å². The second kappa shape index (κ2) is 5.75. The molecule has 21 heavy (non-hydrogen) atoms. The Balaban J connectivity index is 2.12. The van der Waals surface area contributed by atoms with Gasteiger partial charge < -0.3 is 10.2 Å². The maximum atomic E-state index is 12.5. The maximum absolute atomic E-state index is 12.5. The quantitative estimate of drug-likeness (QED) is 0.912. The molecule has 0 spiro atoms. The van der Waals surface area contributed by atoms with E-state index in [1.165, 1.54) is 0 Å². The van der Waals surface area contributed by atoms with Gasteiger partial charge in [-0.1, -0.05) is 18.2 Å². The molecule has 1 heterocycles. The molecule has 0 bridgehead atoms. The summed E-state index contributed by atoms with van der Waals surface area (Å²) < 4.78 is 37.5. The number of anilines is 1. The highest BCUT2D eigenvalue weighted by Gasteiger charge is 2.47. The molecule has 1 unspecified atom stereocenters. The number of nitrogens with zero attached hydrogens (tertiary/aromatic N) is 1. The summed E-state index contributed by atoms with van der Waals surface area (Å²) in [5, 5.41) is 2.59. The van der Waals surface area contributed by atoms with Crippen molar-refractivity contribution in [1.82, 2.24) is 4.90 Å². The van der Waals surface area contributed by atoms with Gasteiger partial charge in [0.1, 0.15) is 6.04 Å². The van der Waals surface area contributed by atoms with Crippen molar-refractivity contribution in [1.29, 1.82) is 0 Å². The number of rotatable bonds is 2. The number of nitrogens with one attached hydrogen (secondary N) is 1. The van der Waals surface area contributed by atoms with Crippen LogP contribution < -0.4 is 5.32 Å². The third-order valence-electron chi connectivity index (χ3n) is 3.46. The zero-order valence-electron chi connectivity index (χ0n) is 11.4. The standard InChI is InChI=1S/C14H15F3N2O2/c1-9-5-2-3-6-10(9)18-12(20)11-7-4-8-19(11)13(21)14(15,16)17/h2-3,5-6,11H,4,7-8H2,1H3,(H,18,20). The van der Waals surface area contributed by atoms with Crippen molar-refractivity contribution in [3.05, 3.63) is 29.8 Å². The first kappa shape index (κ1) is 15.3. The minimum absolute atomic E-state index is 0.0514. The van der Waals surface area contributed by atoms with Gasteiger partial charge in [-0.05, 0) is 31.4 Å². The molecule has 1 atom stereocenters. The van der Waals surface area contributed by atoms with Crippen LogP contribution in [-0.4, -0.2) is 35.5 Å². The number of benzene rings is 1. The third kappa shape index (κ3) is 3.34. The fraction of sp³-hybridized carbons (Fsp3) is 0.429. The molecule has 1 aromatic carbocycles. The van der Waals surface area contributed by atoms with Crippen LogP contribution in [0.5, 0.6) is 0 Å². The van der Waals surface area contributed by atoms with Crippen LogP contribution >= 0.6 is 0 Å². The largest absolute Gasteiger partial charge is 0.471 e. The molecular formula is C14H15F3N2O2. The third-order valence-corrected chi connectivity index (χ3v) is 3.46. The minimum Gasteiger partial charge on any atom is -0.324 e. The van der Waals surface area contributed by atoms with E-state index in [1.807, 2.05) is 0 Å². The van der Waals surface area contributed by atoms with Gasteiger partial charge in [-0.3, -0.25) is 9.59 Å². The zero-order chi connectivity index (χ0) is 15.6. The van der Waals surface area contributed by atoms with Crippen LogP contribution in [0.15, 0.2) is 24.3 Å². The molecule has 1 N–H and O–H groups in total. The Labute approximate surface area is 119 Å². The van der Waals surface area contributed by atoms with E-state index < -0.39 is 24.0 Å². The highest BCUT2D eigenvalue weighted by atomic mass is 19.4. The van der Waals surface area contributed by atoms with Gasteiger partial charge in [-0.15, -0.1) is 0 Å². The molecule has 4 nitrogen and oxygen atoms in total. The number of para-hydroxylation sites is 1. The lowest BCUT2D eigenvalue weighted by Gasteiger charge is -2.25. The molecule has 2 amide bonds. The van der Waals surface area contributed by atoms with Crippen LogP contribution in [0.4, 0.5) is 18.9 Å². The fourth-order valence-corrected chi connectivity index (χ4v) is 2.37. The van der Waals surface area contributed by atoms with E-state index in [2.05, 4.69) is 5.32 Å². The lowest BCUT2D eigenvalue weighted by Crippen LogP contribution is -2.48. The maximum Gasteiger partial charge on any atom is 0.471 e. The van der Waals surface area contributed by atoms with Gasteiger partial charge in [-0.2, -0.15) is 13.2 Å². The Morgan fingerprint density at radius 2 is 1.95 bits per heavy atom. The topological polar surface area (TPSA) is 49.4 Å². The summed E-state index contributed by atoms with van der Waals surface area (Å²) in [5.41, 5.74) is 1.34. The number of aryl methyl sites for hydroxylation is 1. The summed E-state index contributed by atoms with van der Waals surface area (Å²) in [4.78, 5) is 24.1. The molecule has 0 aliphatic carbocycles. The Morgan fingerprint density at radius 1 is 1.29 bits per heavy atom. The number of amides is 2. The van der Waals surface area contributed by atoms with E-state index in [-0.39, 0.29) is 13.0 Å². The van der Waals surface area contributed by atoms with Gasteiger partial charge in [0.15, 0.2) is 0 Å². The van der Waals surface area contributed by atoms with Crippen molar-refractivity contribution in [3.63, 3.8) is 0 Å². The first-order chi connectivity index (χ1) is 9.80. The van der Waals surface area contributed by atoms with E-state index >= 15 is 0 Å². The molecule has 1 aromatic rings. The first-order valence-corrected chi connectivity index (χ1v) is 6.55. The Kier molecular flexibility index (Phi) is 4.20. The fourth-order valence-electron chi connectivity index (χ4n) is 2.37. The van der Waals surface area contributed by atoms with E-state index in [0.29, 0.717) is 17.0 Å². The second-order valence-corrected chi connectivity index (χ2v) is 4.96. The van der Waals surface area contributed by atoms with Crippen molar-refractivity contribution >= 4 is 17.5 Å². The Hall–Kier alpha value is -2.05. The summed E-state index contributed by atoms with van der Waals surface area (Å²) in [7, 11) is 0. The number of likely N-dealkylation sites (tertiary alicyclic amines) is 1. The summed E-state index contributed by atoms with van der Waals surface area (Å²) in [6, 6.07) is 5.88. The van der Waals surface area contributed by atoms with Gasteiger partial charge >= 0.3 is 12.1 Å². The minimum atomic E-state index is -4.95. The summed E-state index contributed by atoms with van der Waals surface area (Å²) in [5.74, 6) is -2.54. The van der Waals surface area contributed by atoms with Crippen molar-refractivity contribution < 1.29 is 22.8 Å². The monoisotopic (exact) mass is 300 g/mol. The summed E-state index contributed by atoms with van der Waals surface area (Å²) >= 11 is 0. The van der Waals surface area contributed by atoms with Crippen LogP contribution in [0, 0.1) is 6.92 Å². The number of hydrogen-bond donors (Lipinski definition) is 1. The molecule has 0 aromatic heterocycles. The highest BCUT2D eigenvalue weighted by Crippen LogP contribution is 2.26. The predicted octanol–water partition coefficient (Wildman–Crippen LogP) is 2.49. The Bertz CT molecular complexity index is 557. The van der Waals surface area contributed by atoms with Crippen LogP contribution in [-0.2, 0) is 9.59 Å². The molecule has 1 aliphatic rings. The lowest BCUT2D eigenvalue weighted by molar-refractivity contribution is -0.186. The zero-order valence-corrected chi connectivity index (χ0v) is 11.4. The van der Waals surface area contributed by atoms with Crippen LogP contribution in [0.1, 0.15) is 18.4 Å². The van der Waals surface area contributed by atoms with Crippen LogP contribution in [0.2, 0.25) is 0 Å². The molecule has 7 heteroatoms. The van der Waals surface area contributed by atoms with E-state index in [0.717, 1.165) is 5.56 Å². The van der Waals surface area contributed by atoms with Gasteiger partial charge in [0.05, 0.1) is 0 Å². The van der Waals surface area contributed by atoms with Gasteiger partial charge in [0.2, 0.25) is 5.91 Å². The molecule has 0 radical (unpaired) electrons. The molecule has 1 aliphatic heterocycles. The normalized spacial score (nSPS) is 18.7. The van der Waals surface area contributed by atoms with E-state index in [4.69, 9.17) is 0 Å². The predicted molar refractivity (Wildman–Crippen MR) is 70.6 cm³/mol. The number of hydrogen-bond acceptors (Lipinski definition) is 2. The lowest BCUT2D eigenvalue weighted by atomic mass is 10.1. The highest BCUT2D eigenvalue weighted by molar-refractivity contribution is 5.98. The van der Waals surface area contributed by atoms with Crippen molar-refractivity contribution in [3.8, 4) is 0 Å². The van der Waals surface area contributed by atoms with Gasteiger partial charge in [0.25, 0.3) is 0 Å². The molecule has 114 valence electrons. The molecule has 2 rings (SSSR count). The van der Waals surface area contributed by atoms with Crippen molar-refractivity contribution in [2.45, 2.75) is 32.0 Å².